The summed E-state index contributed by atoms with van der Waals surface area (Å²) >= 11 is 1.31. The van der Waals surface area contributed by atoms with Crippen LogP contribution in [0.5, 0.6) is 0 Å². The van der Waals surface area contributed by atoms with Gasteiger partial charge < -0.3 is 14.9 Å². The zero-order valence-corrected chi connectivity index (χ0v) is 11.1. The van der Waals surface area contributed by atoms with Crippen molar-refractivity contribution >= 4 is 17.3 Å². The number of hydrogen-bond donors (Lipinski definition) is 2. The van der Waals surface area contributed by atoms with Crippen molar-refractivity contribution in [2.24, 2.45) is 0 Å². The predicted octanol–water partition coefficient (Wildman–Crippen LogP) is 0.948. The van der Waals surface area contributed by atoms with Crippen LogP contribution in [0.2, 0.25) is 0 Å². The van der Waals surface area contributed by atoms with Crippen molar-refractivity contribution < 1.29 is 19.7 Å². The summed E-state index contributed by atoms with van der Waals surface area (Å²) in [7, 11) is 0. The average molecular weight is 271 g/mol. The zero-order valence-electron chi connectivity index (χ0n) is 10.3. The van der Waals surface area contributed by atoms with Crippen LogP contribution in [0.15, 0.2) is 6.07 Å². The normalized spacial score (nSPS) is 21.1. The molecule has 0 saturated carbocycles. The first-order chi connectivity index (χ1) is 8.60. The molecular formula is C12H17NO4S. The first-order valence-electron chi connectivity index (χ1n) is 5.87. The summed E-state index contributed by atoms with van der Waals surface area (Å²) in [6.07, 6.45) is -0.128. The van der Waals surface area contributed by atoms with E-state index in [0.717, 1.165) is 23.5 Å². The second-order valence-electron chi connectivity index (χ2n) is 4.41. The van der Waals surface area contributed by atoms with E-state index in [1.807, 2.05) is 6.92 Å². The number of aliphatic hydroxyl groups is 1. The second kappa shape index (κ2) is 5.79. The minimum Gasteiger partial charge on any atom is -0.477 e. The molecule has 5 nitrogen and oxygen atoms in total. The Hall–Kier alpha value is -0.950. The summed E-state index contributed by atoms with van der Waals surface area (Å²) in [4.78, 5) is 14.5. The fourth-order valence-corrected chi connectivity index (χ4v) is 2.93. The second-order valence-corrected chi connectivity index (χ2v) is 5.66. The molecule has 18 heavy (non-hydrogen) atoms. The minimum atomic E-state index is -0.871. The highest BCUT2D eigenvalue weighted by Crippen LogP contribution is 2.23. The molecule has 2 N–H and O–H groups in total. The van der Waals surface area contributed by atoms with Gasteiger partial charge in [-0.3, -0.25) is 4.90 Å². The molecule has 0 aliphatic carbocycles. The van der Waals surface area contributed by atoms with E-state index in [1.54, 1.807) is 6.07 Å². The van der Waals surface area contributed by atoms with Gasteiger partial charge >= 0.3 is 5.97 Å². The Kier molecular flexibility index (Phi) is 4.34. The zero-order chi connectivity index (χ0) is 13.1. The molecule has 2 heterocycles. The topological polar surface area (TPSA) is 70.0 Å². The number of nitrogens with zero attached hydrogens (tertiary/aromatic N) is 1. The highest BCUT2D eigenvalue weighted by atomic mass is 32.1. The van der Waals surface area contributed by atoms with E-state index in [0.29, 0.717) is 18.0 Å². The first-order valence-corrected chi connectivity index (χ1v) is 6.69. The van der Waals surface area contributed by atoms with Crippen LogP contribution in [-0.4, -0.2) is 53.5 Å². The predicted molar refractivity (Wildman–Crippen MR) is 68.1 cm³/mol. The number of aryl methyl sites for hydroxylation is 1. The third-order valence-corrected chi connectivity index (χ3v) is 4.13. The minimum absolute atomic E-state index is 0.0273. The van der Waals surface area contributed by atoms with Crippen LogP contribution in [0.25, 0.3) is 0 Å². The van der Waals surface area contributed by atoms with Crippen molar-refractivity contribution in [1.82, 2.24) is 4.90 Å². The molecule has 0 spiro atoms. The molecule has 1 aromatic rings. The molecule has 100 valence electrons. The first kappa shape index (κ1) is 13.5. The van der Waals surface area contributed by atoms with E-state index in [2.05, 4.69) is 4.90 Å². The molecule has 6 heteroatoms. The summed E-state index contributed by atoms with van der Waals surface area (Å²) in [5, 5.41) is 18.0. The molecule has 1 atom stereocenters. The van der Waals surface area contributed by atoms with Gasteiger partial charge in [0.15, 0.2) is 0 Å². The summed E-state index contributed by atoms with van der Waals surface area (Å²) in [6, 6.07) is 1.74. The number of aliphatic hydroxyl groups excluding tert-OH is 1. The van der Waals surface area contributed by atoms with E-state index in [9.17, 15) is 4.79 Å². The number of thiophene rings is 1. The van der Waals surface area contributed by atoms with E-state index in [4.69, 9.17) is 14.9 Å². The van der Waals surface area contributed by atoms with Crippen LogP contribution in [-0.2, 0) is 11.3 Å². The van der Waals surface area contributed by atoms with Crippen molar-refractivity contribution in [2.75, 3.05) is 26.3 Å². The van der Waals surface area contributed by atoms with Crippen LogP contribution < -0.4 is 0 Å². The van der Waals surface area contributed by atoms with Crippen LogP contribution in [0, 0.1) is 6.92 Å². The Morgan fingerprint density at radius 2 is 2.44 bits per heavy atom. The van der Waals surface area contributed by atoms with Crippen LogP contribution in [0.1, 0.15) is 20.1 Å². The van der Waals surface area contributed by atoms with Gasteiger partial charge in [-0.2, -0.15) is 0 Å². The molecule has 1 aromatic heterocycles. The molecule has 1 aliphatic heterocycles. The third kappa shape index (κ3) is 3.08. The number of hydrogen-bond acceptors (Lipinski definition) is 5. The maximum Gasteiger partial charge on any atom is 0.345 e. The number of carboxylic acids is 1. The van der Waals surface area contributed by atoms with Gasteiger partial charge in [0, 0.05) is 24.5 Å². The molecular weight excluding hydrogens is 254 g/mol. The smallest absolute Gasteiger partial charge is 0.345 e. The van der Waals surface area contributed by atoms with Crippen molar-refractivity contribution in [1.29, 1.82) is 0 Å². The molecule has 0 radical (unpaired) electrons. The van der Waals surface area contributed by atoms with Crippen LogP contribution in [0.3, 0.4) is 0 Å². The maximum atomic E-state index is 10.9. The standard InChI is InChI=1S/C12H17NO4S/c1-8-9(4-11(18-8)12(15)16)5-13-2-3-17-10(6-13)7-14/h4,10,14H,2-3,5-7H2,1H3,(H,15,16). The lowest BCUT2D eigenvalue weighted by Crippen LogP contribution is -2.43. The van der Waals surface area contributed by atoms with E-state index >= 15 is 0 Å². The van der Waals surface area contributed by atoms with Gasteiger partial charge in [-0.1, -0.05) is 0 Å². The number of carbonyl (C=O) groups is 1. The Morgan fingerprint density at radius 3 is 3.06 bits per heavy atom. The molecule has 1 saturated heterocycles. The average Bonchev–Trinajstić information content (AvgIpc) is 2.71. The molecule has 0 bridgehead atoms. The monoisotopic (exact) mass is 271 g/mol. The Balaban J connectivity index is 2.02. The number of aromatic carboxylic acids is 1. The van der Waals surface area contributed by atoms with Crippen molar-refractivity contribution in [3.05, 3.63) is 21.4 Å². The Morgan fingerprint density at radius 1 is 1.67 bits per heavy atom. The van der Waals surface area contributed by atoms with E-state index in [-0.39, 0.29) is 12.7 Å². The SMILES string of the molecule is Cc1sc(C(=O)O)cc1CN1CCOC(CO)C1. The number of rotatable bonds is 4. The summed E-state index contributed by atoms with van der Waals surface area (Å²) in [5.74, 6) is -0.871. The molecule has 0 amide bonds. The van der Waals surface area contributed by atoms with Crippen molar-refractivity contribution in [2.45, 2.75) is 19.6 Å². The lowest BCUT2D eigenvalue weighted by atomic mass is 10.2. The Labute approximate surface area is 110 Å². The highest BCUT2D eigenvalue weighted by Gasteiger charge is 2.21. The fraction of sp³-hybridized carbons (Fsp3) is 0.583. The molecule has 2 rings (SSSR count). The van der Waals surface area contributed by atoms with Gasteiger partial charge in [0.05, 0.1) is 19.3 Å². The number of carboxylic acid groups (broad SMARTS) is 1. The molecule has 0 aromatic carbocycles. The molecule has 1 unspecified atom stereocenters. The maximum absolute atomic E-state index is 10.9. The molecule has 1 aliphatic rings. The summed E-state index contributed by atoms with van der Waals surface area (Å²) < 4.78 is 5.39. The van der Waals surface area contributed by atoms with Gasteiger partial charge in [-0.05, 0) is 18.6 Å². The van der Waals surface area contributed by atoms with E-state index in [1.165, 1.54) is 11.3 Å². The fourth-order valence-electron chi connectivity index (χ4n) is 2.06. The van der Waals surface area contributed by atoms with Crippen molar-refractivity contribution in [3.63, 3.8) is 0 Å². The van der Waals surface area contributed by atoms with Crippen LogP contribution in [0.4, 0.5) is 0 Å². The summed E-state index contributed by atoms with van der Waals surface area (Å²) in [6.45, 7) is 4.80. The van der Waals surface area contributed by atoms with Crippen molar-refractivity contribution in [3.8, 4) is 0 Å². The summed E-state index contributed by atoms with van der Waals surface area (Å²) in [5.41, 5.74) is 1.05. The molecule has 1 fully saturated rings. The largest absolute Gasteiger partial charge is 0.477 e. The van der Waals surface area contributed by atoms with E-state index < -0.39 is 5.97 Å². The number of ether oxygens (including phenoxy) is 1. The van der Waals surface area contributed by atoms with Gasteiger partial charge in [-0.25, -0.2) is 4.79 Å². The lowest BCUT2D eigenvalue weighted by molar-refractivity contribution is -0.0551. The highest BCUT2D eigenvalue weighted by molar-refractivity contribution is 7.14. The Bertz CT molecular complexity index is 432. The lowest BCUT2D eigenvalue weighted by Gasteiger charge is -2.31. The number of morpholine rings is 1. The third-order valence-electron chi connectivity index (χ3n) is 3.05. The quantitative estimate of drug-likeness (QED) is 0.853. The van der Waals surface area contributed by atoms with Crippen LogP contribution >= 0.6 is 11.3 Å². The van der Waals surface area contributed by atoms with Gasteiger partial charge in [-0.15, -0.1) is 11.3 Å². The van der Waals surface area contributed by atoms with Gasteiger partial charge in [0.2, 0.25) is 0 Å². The van der Waals surface area contributed by atoms with Gasteiger partial charge in [0.1, 0.15) is 4.88 Å². The van der Waals surface area contributed by atoms with Gasteiger partial charge in [0.25, 0.3) is 0 Å².